The van der Waals surface area contributed by atoms with Crippen LogP contribution in [0.2, 0.25) is 0 Å². The van der Waals surface area contributed by atoms with Gasteiger partial charge in [0.05, 0.1) is 0 Å². The molecule has 3 rings (SSSR count). The molecule has 1 aromatic carbocycles. The summed E-state index contributed by atoms with van der Waals surface area (Å²) in [5, 5.41) is 3.82. The molecule has 1 aromatic rings. The van der Waals surface area contributed by atoms with Crippen molar-refractivity contribution in [3.63, 3.8) is 0 Å². The van der Waals surface area contributed by atoms with Crippen molar-refractivity contribution in [1.29, 1.82) is 0 Å². The minimum Gasteiger partial charge on any atom is -0.313 e. The first-order valence-corrected chi connectivity index (χ1v) is 8.66. The monoisotopic (exact) mass is 275 g/mol. The van der Waals surface area contributed by atoms with Gasteiger partial charge in [-0.05, 0) is 74.6 Å². The van der Waals surface area contributed by atoms with Gasteiger partial charge in [-0.15, -0.1) is 11.8 Å². The Labute approximate surface area is 121 Å². The van der Waals surface area contributed by atoms with Gasteiger partial charge in [0.15, 0.2) is 0 Å². The lowest BCUT2D eigenvalue weighted by Gasteiger charge is -2.17. The molecule has 1 N–H and O–H groups in total. The molecule has 0 radical (unpaired) electrons. The summed E-state index contributed by atoms with van der Waals surface area (Å²) in [4.78, 5) is 1.42. The van der Waals surface area contributed by atoms with Crippen LogP contribution in [0.1, 0.15) is 36.8 Å². The van der Waals surface area contributed by atoms with E-state index >= 15 is 0 Å². The van der Waals surface area contributed by atoms with Gasteiger partial charge in [0.1, 0.15) is 0 Å². The maximum absolute atomic E-state index is 3.82. The topological polar surface area (TPSA) is 12.0 Å². The Hall–Kier alpha value is -0.470. The molecular formula is C17H25NS. The van der Waals surface area contributed by atoms with Gasteiger partial charge < -0.3 is 5.32 Å². The lowest BCUT2D eigenvalue weighted by atomic mass is 10.1. The number of nitrogens with one attached hydrogen (secondary N) is 1. The summed E-state index contributed by atoms with van der Waals surface area (Å²) in [6.45, 7) is 5.55. The summed E-state index contributed by atoms with van der Waals surface area (Å²) < 4.78 is 0. The normalized spacial score (nSPS) is 19.1. The van der Waals surface area contributed by atoms with Gasteiger partial charge in [-0.3, -0.25) is 0 Å². The molecule has 0 aromatic heterocycles. The van der Waals surface area contributed by atoms with Gasteiger partial charge in [0.2, 0.25) is 0 Å². The van der Waals surface area contributed by atoms with Crippen LogP contribution in [-0.2, 0) is 0 Å². The molecule has 1 nitrogen and oxygen atoms in total. The Morgan fingerprint density at radius 3 is 2.37 bits per heavy atom. The summed E-state index contributed by atoms with van der Waals surface area (Å²) in [6, 6.07) is 7.66. The zero-order valence-corrected chi connectivity index (χ0v) is 12.9. The second kappa shape index (κ2) is 5.88. The van der Waals surface area contributed by atoms with Gasteiger partial charge in [0, 0.05) is 23.2 Å². The highest BCUT2D eigenvalue weighted by molar-refractivity contribution is 7.99. The van der Waals surface area contributed by atoms with Gasteiger partial charge >= 0.3 is 0 Å². The number of hydrogen-bond acceptors (Lipinski definition) is 2. The number of hydrogen-bond donors (Lipinski definition) is 1. The van der Waals surface area contributed by atoms with Crippen molar-refractivity contribution in [2.24, 2.45) is 11.8 Å². The fraction of sp³-hybridized carbons (Fsp3) is 0.647. The van der Waals surface area contributed by atoms with Gasteiger partial charge in [0.25, 0.3) is 0 Å². The minimum absolute atomic E-state index is 0.848. The molecule has 2 aliphatic rings. The Morgan fingerprint density at radius 1 is 1.11 bits per heavy atom. The van der Waals surface area contributed by atoms with Crippen LogP contribution in [0.3, 0.4) is 0 Å². The van der Waals surface area contributed by atoms with Crippen LogP contribution in [0, 0.1) is 25.7 Å². The van der Waals surface area contributed by atoms with Crippen LogP contribution < -0.4 is 5.32 Å². The number of thioether (sulfide) groups is 1. The second-order valence-corrected chi connectivity index (χ2v) is 7.42. The molecule has 0 atom stereocenters. The Bertz CT molecular complexity index is 423. The van der Waals surface area contributed by atoms with Crippen molar-refractivity contribution in [3.8, 4) is 0 Å². The fourth-order valence-electron chi connectivity index (χ4n) is 2.83. The molecule has 0 bridgehead atoms. The summed E-state index contributed by atoms with van der Waals surface area (Å²) in [7, 11) is 0. The van der Waals surface area contributed by atoms with E-state index in [4.69, 9.17) is 0 Å². The zero-order valence-electron chi connectivity index (χ0n) is 12.1. The molecule has 0 saturated heterocycles. The minimum atomic E-state index is 0.848. The molecule has 0 heterocycles. The maximum Gasteiger partial charge on any atom is 0.0124 e. The van der Waals surface area contributed by atoms with Crippen LogP contribution in [0.25, 0.3) is 0 Å². The van der Waals surface area contributed by atoms with Gasteiger partial charge in [-0.2, -0.15) is 0 Å². The molecule has 0 amide bonds. The smallest absolute Gasteiger partial charge is 0.0124 e. The lowest BCUT2D eigenvalue weighted by Crippen LogP contribution is -2.34. The predicted octanol–water partition coefficient (Wildman–Crippen LogP) is 4.17. The number of rotatable bonds is 7. The standard InChI is InChI=1S/C17H25NS/c1-12-3-8-16(11-13(12)2)19-10-9-18-17(14-4-5-14)15-6-7-15/h3,8,11,14-15,17-18H,4-7,9-10H2,1-2H3. The van der Waals surface area contributed by atoms with Crippen LogP contribution in [0.5, 0.6) is 0 Å². The van der Waals surface area contributed by atoms with Crippen LogP contribution in [0.15, 0.2) is 23.1 Å². The van der Waals surface area contributed by atoms with Crippen LogP contribution in [0.4, 0.5) is 0 Å². The van der Waals surface area contributed by atoms with E-state index < -0.39 is 0 Å². The quantitative estimate of drug-likeness (QED) is 0.592. The Balaban J connectivity index is 1.41. The predicted molar refractivity (Wildman–Crippen MR) is 83.9 cm³/mol. The molecule has 0 unspecified atom stereocenters. The van der Waals surface area contributed by atoms with Crippen LogP contribution in [-0.4, -0.2) is 18.3 Å². The molecule has 0 aliphatic heterocycles. The van der Waals surface area contributed by atoms with Crippen molar-refractivity contribution >= 4 is 11.8 Å². The van der Waals surface area contributed by atoms with E-state index in [2.05, 4.69) is 37.4 Å². The molecule has 0 spiro atoms. The van der Waals surface area contributed by atoms with Gasteiger partial charge in [-0.1, -0.05) is 6.07 Å². The Morgan fingerprint density at radius 2 is 1.79 bits per heavy atom. The van der Waals surface area contributed by atoms with Crippen molar-refractivity contribution in [2.45, 2.75) is 50.5 Å². The highest BCUT2D eigenvalue weighted by Gasteiger charge is 2.40. The average Bonchev–Trinajstić information content (AvgIpc) is 3.27. The van der Waals surface area contributed by atoms with Crippen molar-refractivity contribution in [1.82, 2.24) is 5.32 Å². The molecule has 104 valence electrons. The molecule has 2 fully saturated rings. The molecule has 2 heteroatoms. The van der Waals surface area contributed by atoms with E-state index in [-0.39, 0.29) is 0 Å². The Kier molecular flexibility index (Phi) is 4.18. The van der Waals surface area contributed by atoms with E-state index in [9.17, 15) is 0 Å². The SMILES string of the molecule is Cc1ccc(SCCNC(C2CC2)C2CC2)cc1C. The lowest BCUT2D eigenvalue weighted by molar-refractivity contribution is 0.429. The molecular weight excluding hydrogens is 250 g/mol. The summed E-state index contributed by atoms with van der Waals surface area (Å²) in [5.74, 6) is 3.22. The molecule has 19 heavy (non-hydrogen) atoms. The first-order valence-electron chi connectivity index (χ1n) is 7.67. The van der Waals surface area contributed by atoms with E-state index in [1.165, 1.54) is 47.5 Å². The average molecular weight is 275 g/mol. The second-order valence-electron chi connectivity index (χ2n) is 6.25. The highest BCUT2D eigenvalue weighted by atomic mass is 32.2. The van der Waals surface area contributed by atoms with Crippen LogP contribution >= 0.6 is 11.8 Å². The van der Waals surface area contributed by atoms with E-state index in [0.29, 0.717) is 0 Å². The van der Waals surface area contributed by atoms with Gasteiger partial charge in [-0.25, -0.2) is 0 Å². The summed E-state index contributed by atoms with van der Waals surface area (Å²) in [5.41, 5.74) is 2.80. The van der Waals surface area contributed by atoms with E-state index in [1.54, 1.807) is 0 Å². The summed E-state index contributed by atoms with van der Waals surface area (Å²) in [6.07, 6.45) is 5.88. The first-order chi connectivity index (χ1) is 9.24. The number of benzene rings is 1. The summed E-state index contributed by atoms with van der Waals surface area (Å²) >= 11 is 1.99. The number of aryl methyl sites for hydroxylation is 2. The third kappa shape index (κ3) is 3.76. The maximum atomic E-state index is 3.82. The third-order valence-electron chi connectivity index (χ3n) is 4.49. The van der Waals surface area contributed by atoms with E-state index in [0.717, 1.165) is 24.4 Å². The zero-order chi connectivity index (χ0) is 13.2. The third-order valence-corrected chi connectivity index (χ3v) is 5.48. The van der Waals surface area contributed by atoms with Crippen molar-refractivity contribution in [2.75, 3.05) is 12.3 Å². The van der Waals surface area contributed by atoms with Crippen molar-refractivity contribution in [3.05, 3.63) is 29.3 Å². The fourth-order valence-corrected chi connectivity index (χ4v) is 3.71. The van der Waals surface area contributed by atoms with E-state index in [1.807, 2.05) is 11.8 Å². The molecule has 2 saturated carbocycles. The largest absolute Gasteiger partial charge is 0.313 e. The first kappa shape index (κ1) is 13.5. The highest BCUT2D eigenvalue weighted by Crippen LogP contribution is 2.44. The van der Waals surface area contributed by atoms with Crippen molar-refractivity contribution < 1.29 is 0 Å². The molecule has 2 aliphatic carbocycles.